The second-order valence-electron chi connectivity index (χ2n) is 6.39. The molecule has 2 amide bonds. The van der Waals surface area contributed by atoms with Crippen molar-refractivity contribution < 1.29 is 9.59 Å². The summed E-state index contributed by atoms with van der Waals surface area (Å²) in [6.07, 6.45) is 3.91. The number of para-hydroxylation sites is 2. The maximum Gasteiger partial charge on any atom is 0.241 e. The van der Waals surface area contributed by atoms with Crippen LogP contribution in [-0.4, -0.2) is 40.2 Å². The molecular formula is C18H23N5O2. The Balaban J connectivity index is 1.69. The molecule has 0 bridgehead atoms. The van der Waals surface area contributed by atoms with E-state index in [9.17, 15) is 9.59 Å². The molecule has 2 atom stereocenters. The molecule has 2 N–H and O–H groups in total. The van der Waals surface area contributed by atoms with E-state index in [0.29, 0.717) is 12.2 Å². The lowest BCUT2D eigenvalue weighted by Crippen LogP contribution is -2.46. The second kappa shape index (κ2) is 7.48. The maximum atomic E-state index is 12.8. The molecule has 0 saturated heterocycles. The van der Waals surface area contributed by atoms with Gasteiger partial charge in [-0.3, -0.25) is 14.3 Å². The first kappa shape index (κ1) is 17.2. The van der Waals surface area contributed by atoms with Crippen molar-refractivity contribution in [1.29, 1.82) is 0 Å². The van der Waals surface area contributed by atoms with E-state index in [1.807, 2.05) is 55.1 Å². The van der Waals surface area contributed by atoms with Gasteiger partial charge in [-0.15, -0.1) is 0 Å². The van der Waals surface area contributed by atoms with Crippen LogP contribution in [0.4, 0.5) is 11.4 Å². The van der Waals surface area contributed by atoms with Crippen molar-refractivity contribution in [2.24, 2.45) is 0 Å². The van der Waals surface area contributed by atoms with Crippen LogP contribution in [0.3, 0.4) is 0 Å². The van der Waals surface area contributed by atoms with Gasteiger partial charge < -0.3 is 15.5 Å². The number of aromatic nitrogens is 2. The Morgan fingerprint density at radius 3 is 2.96 bits per heavy atom. The van der Waals surface area contributed by atoms with Gasteiger partial charge in [-0.1, -0.05) is 12.1 Å². The van der Waals surface area contributed by atoms with Crippen LogP contribution < -0.4 is 15.5 Å². The Morgan fingerprint density at radius 2 is 2.20 bits per heavy atom. The zero-order chi connectivity index (χ0) is 17.8. The molecule has 0 radical (unpaired) electrons. The Hall–Kier alpha value is -2.67. The molecule has 1 aromatic carbocycles. The molecule has 2 aromatic rings. The maximum absolute atomic E-state index is 12.8. The molecule has 25 heavy (non-hydrogen) atoms. The molecule has 3 rings (SSSR count). The Morgan fingerprint density at radius 1 is 1.40 bits per heavy atom. The van der Waals surface area contributed by atoms with Gasteiger partial charge in [0.1, 0.15) is 0 Å². The van der Waals surface area contributed by atoms with Crippen LogP contribution in [0.5, 0.6) is 0 Å². The fourth-order valence-corrected chi connectivity index (χ4v) is 3.07. The van der Waals surface area contributed by atoms with Crippen molar-refractivity contribution in [1.82, 2.24) is 15.1 Å². The van der Waals surface area contributed by atoms with Crippen LogP contribution in [-0.2, 0) is 16.1 Å². The van der Waals surface area contributed by atoms with Gasteiger partial charge in [-0.05, 0) is 32.0 Å². The van der Waals surface area contributed by atoms with Crippen molar-refractivity contribution in [3.8, 4) is 0 Å². The molecule has 0 spiro atoms. The van der Waals surface area contributed by atoms with Crippen LogP contribution >= 0.6 is 0 Å². The normalized spacial score (nSPS) is 18.2. The highest BCUT2D eigenvalue weighted by atomic mass is 16.2. The summed E-state index contributed by atoms with van der Waals surface area (Å²) < 4.78 is 1.83. The van der Waals surface area contributed by atoms with E-state index in [4.69, 9.17) is 0 Å². The minimum absolute atomic E-state index is 0.0521. The quantitative estimate of drug-likeness (QED) is 0.866. The molecule has 0 unspecified atom stereocenters. The third-order valence-corrected chi connectivity index (χ3v) is 4.25. The third-order valence-electron chi connectivity index (χ3n) is 4.25. The van der Waals surface area contributed by atoms with E-state index < -0.39 is 0 Å². The van der Waals surface area contributed by atoms with Crippen molar-refractivity contribution >= 4 is 23.2 Å². The fraction of sp³-hybridized carbons (Fsp3) is 0.389. The standard InChI is InChI=1S/C18H23N5O2/c1-13(12-22-9-5-8-20-22)19-11-18(25)23-14(2)10-17(24)21-15-6-3-4-7-16(15)23/h3-9,13-14,19H,10-12H2,1-2H3,(H,21,24)/t13-,14+/m1/s1. The number of amides is 2. The molecule has 0 saturated carbocycles. The van der Waals surface area contributed by atoms with E-state index in [1.165, 1.54) is 0 Å². The monoisotopic (exact) mass is 341 g/mol. The van der Waals surface area contributed by atoms with Crippen molar-refractivity contribution in [3.63, 3.8) is 0 Å². The minimum atomic E-state index is -0.195. The molecule has 0 fully saturated rings. The number of hydrogen-bond acceptors (Lipinski definition) is 4. The molecule has 132 valence electrons. The van der Waals surface area contributed by atoms with Gasteiger partial charge in [-0.25, -0.2) is 0 Å². The highest BCUT2D eigenvalue weighted by Crippen LogP contribution is 2.31. The van der Waals surface area contributed by atoms with Crippen LogP contribution in [0, 0.1) is 0 Å². The summed E-state index contributed by atoms with van der Waals surface area (Å²) in [6.45, 7) is 4.80. The van der Waals surface area contributed by atoms with Gasteiger partial charge in [-0.2, -0.15) is 5.10 Å². The summed E-state index contributed by atoms with van der Waals surface area (Å²) in [6, 6.07) is 9.18. The van der Waals surface area contributed by atoms with Gasteiger partial charge in [0.05, 0.1) is 24.5 Å². The van der Waals surface area contributed by atoms with E-state index in [1.54, 1.807) is 11.1 Å². The van der Waals surface area contributed by atoms with E-state index in [2.05, 4.69) is 15.7 Å². The Bertz CT molecular complexity index is 744. The van der Waals surface area contributed by atoms with Crippen LogP contribution in [0.25, 0.3) is 0 Å². The number of nitrogens with zero attached hydrogens (tertiary/aromatic N) is 3. The molecular weight excluding hydrogens is 318 g/mol. The number of anilines is 2. The number of carbonyl (C=O) groups excluding carboxylic acids is 2. The smallest absolute Gasteiger partial charge is 0.241 e. The highest BCUT2D eigenvalue weighted by Gasteiger charge is 2.29. The lowest BCUT2D eigenvalue weighted by atomic mass is 10.1. The predicted octanol–water partition coefficient (Wildman–Crippen LogP) is 1.63. The van der Waals surface area contributed by atoms with E-state index >= 15 is 0 Å². The average molecular weight is 341 g/mol. The molecule has 1 aliphatic rings. The first-order chi connectivity index (χ1) is 12.0. The third kappa shape index (κ3) is 4.06. The lowest BCUT2D eigenvalue weighted by Gasteiger charge is -2.28. The largest absolute Gasteiger partial charge is 0.324 e. The summed E-state index contributed by atoms with van der Waals surface area (Å²) in [5.41, 5.74) is 1.42. The van der Waals surface area contributed by atoms with Gasteiger partial charge in [0.15, 0.2) is 0 Å². The summed E-state index contributed by atoms with van der Waals surface area (Å²) in [4.78, 5) is 26.5. The van der Waals surface area contributed by atoms with Crippen molar-refractivity contribution in [3.05, 3.63) is 42.7 Å². The van der Waals surface area contributed by atoms with Gasteiger partial charge >= 0.3 is 0 Å². The molecule has 0 aliphatic carbocycles. The topological polar surface area (TPSA) is 79.3 Å². The predicted molar refractivity (Wildman–Crippen MR) is 96.3 cm³/mol. The molecule has 1 aliphatic heterocycles. The highest BCUT2D eigenvalue weighted by molar-refractivity contribution is 6.04. The number of nitrogens with one attached hydrogen (secondary N) is 2. The number of carbonyl (C=O) groups is 2. The number of hydrogen-bond donors (Lipinski definition) is 2. The van der Waals surface area contributed by atoms with Crippen LogP contribution in [0.15, 0.2) is 42.7 Å². The molecule has 7 nitrogen and oxygen atoms in total. The van der Waals surface area contributed by atoms with Crippen LogP contribution in [0.2, 0.25) is 0 Å². The SMILES string of the molecule is C[C@H](Cn1cccn1)NCC(=O)N1c2ccccc2NC(=O)C[C@@H]1C. The first-order valence-corrected chi connectivity index (χ1v) is 8.46. The Labute approximate surface area is 147 Å². The lowest BCUT2D eigenvalue weighted by molar-refractivity contribution is -0.118. The number of benzene rings is 1. The van der Waals surface area contributed by atoms with Gasteiger partial charge in [0.2, 0.25) is 11.8 Å². The zero-order valence-electron chi connectivity index (χ0n) is 14.5. The molecule has 2 heterocycles. The summed E-state index contributed by atoms with van der Waals surface area (Å²) in [7, 11) is 0. The summed E-state index contributed by atoms with van der Waals surface area (Å²) in [5.74, 6) is -0.126. The minimum Gasteiger partial charge on any atom is -0.324 e. The van der Waals surface area contributed by atoms with E-state index in [-0.39, 0.29) is 36.9 Å². The summed E-state index contributed by atoms with van der Waals surface area (Å²) in [5, 5.41) is 10.3. The molecule has 7 heteroatoms. The summed E-state index contributed by atoms with van der Waals surface area (Å²) >= 11 is 0. The first-order valence-electron chi connectivity index (χ1n) is 8.46. The number of rotatable bonds is 5. The van der Waals surface area contributed by atoms with Crippen molar-refractivity contribution in [2.45, 2.75) is 38.9 Å². The second-order valence-corrected chi connectivity index (χ2v) is 6.39. The van der Waals surface area contributed by atoms with Crippen molar-refractivity contribution in [2.75, 3.05) is 16.8 Å². The van der Waals surface area contributed by atoms with E-state index in [0.717, 1.165) is 5.69 Å². The number of fused-ring (bicyclic) bond motifs is 1. The zero-order valence-corrected chi connectivity index (χ0v) is 14.5. The average Bonchev–Trinajstić information content (AvgIpc) is 3.03. The van der Waals surface area contributed by atoms with Gasteiger partial charge in [0, 0.05) is 30.9 Å². The van der Waals surface area contributed by atoms with Gasteiger partial charge in [0.25, 0.3) is 0 Å². The fourth-order valence-electron chi connectivity index (χ4n) is 3.07. The Kier molecular flexibility index (Phi) is 5.14. The van der Waals surface area contributed by atoms with Crippen LogP contribution in [0.1, 0.15) is 20.3 Å². The molecule has 1 aromatic heterocycles.